The number of amides is 1. The van der Waals surface area contributed by atoms with Crippen molar-refractivity contribution in [1.29, 1.82) is 0 Å². The summed E-state index contributed by atoms with van der Waals surface area (Å²) in [5, 5.41) is 8.07. The third-order valence-corrected chi connectivity index (χ3v) is 6.26. The average molecular weight is 523 g/mol. The lowest BCUT2D eigenvalue weighted by Crippen LogP contribution is -2.43. The molecule has 1 fully saturated rings. The van der Waals surface area contributed by atoms with Gasteiger partial charge in [0.05, 0.1) is 29.7 Å². The van der Waals surface area contributed by atoms with Gasteiger partial charge in [0, 0.05) is 50.4 Å². The number of hydrogen-bond acceptors (Lipinski definition) is 8. The highest BCUT2D eigenvalue weighted by Gasteiger charge is 2.23. The van der Waals surface area contributed by atoms with Crippen LogP contribution in [-0.4, -0.2) is 69.9 Å². The molecular weight excluding hydrogens is 494 g/mol. The van der Waals surface area contributed by atoms with Gasteiger partial charge in [-0.2, -0.15) is 5.10 Å². The molecule has 198 valence electrons. The van der Waals surface area contributed by atoms with Crippen molar-refractivity contribution in [3.63, 3.8) is 0 Å². The summed E-state index contributed by atoms with van der Waals surface area (Å²) in [6.07, 6.45) is 5.19. The summed E-state index contributed by atoms with van der Waals surface area (Å²) >= 11 is 0. The molecule has 38 heavy (non-hydrogen) atoms. The lowest BCUT2D eigenvalue weighted by atomic mass is 10.2. The quantitative estimate of drug-likeness (QED) is 0.306. The molecule has 2 aromatic carbocycles. The van der Waals surface area contributed by atoms with E-state index in [-0.39, 0.29) is 12.2 Å². The largest absolute Gasteiger partial charge is 0.493 e. The molecular formula is C26H28F2N8O2. The van der Waals surface area contributed by atoms with E-state index in [9.17, 15) is 9.18 Å². The summed E-state index contributed by atoms with van der Waals surface area (Å²) in [6.45, 7) is 5.47. The predicted molar refractivity (Wildman–Crippen MR) is 139 cm³/mol. The van der Waals surface area contributed by atoms with Crippen LogP contribution in [0.15, 0.2) is 55.1 Å². The van der Waals surface area contributed by atoms with Crippen molar-refractivity contribution in [2.45, 2.75) is 13.0 Å². The number of benzene rings is 2. The van der Waals surface area contributed by atoms with Gasteiger partial charge < -0.3 is 20.7 Å². The monoisotopic (exact) mass is 522 g/mol. The number of rotatable bonds is 10. The van der Waals surface area contributed by atoms with Gasteiger partial charge in [0.1, 0.15) is 24.4 Å². The molecule has 4 aromatic rings. The number of nitrogens with two attached hydrogens (primary N) is 1. The van der Waals surface area contributed by atoms with Crippen molar-refractivity contribution in [2.24, 2.45) is 5.73 Å². The second-order valence-electron chi connectivity index (χ2n) is 8.94. The number of hydrogen-bond donors (Lipinski definition) is 2. The fraction of sp³-hybridized carbons (Fsp3) is 0.308. The molecule has 0 aliphatic carbocycles. The topological polar surface area (TPSA) is 114 Å². The van der Waals surface area contributed by atoms with Crippen LogP contribution in [0.25, 0.3) is 10.9 Å². The molecule has 0 unspecified atom stereocenters. The van der Waals surface area contributed by atoms with Crippen molar-refractivity contribution in [1.82, 2.24) is 30.0 Å². The molecule has 0 atom stereocenters. The van der Waals surface area contributed by atoms with Gasteiger partial charge in [0.25, 0.3) is 0 Å². The number of carbonyl (C=O) groups excluding carboxylic acids is 1. The minimum absolute atomic E-state index is 0.0723. The van der Waals surface area contributed by atoms with E-state index < -0.39 is 17.5 Å². The van der Waals surface area contributed by atoms with Crippen molar-refractivity contribution < 1.29 is 18.3 Å². The Morgan fingerprint density at radius 1 is 1.16 bits per heavy atom. The van der Waals surface area contributed by atoms with Gasteiger partial charge in [0.2, 0.25) is 5.91 Å². The van der Waals surface area contributed by atoms with E-state index in [4.69, 9.17) is 10.5 Å². The molecule has 0 saturated carbocycles. The van der Waals surface area contributed by atoms with Gasteiger partial charge in [-0.3, -0.25) is 14.4 Å². The summed E-state index contributed by atoms with van der Waals surface area (Å²) in [7, 11) is 0. The minimum atomic E-state index is -1.05. The first kappa shape index (κ1) is 25.5. The second kappa shape index (κ2) is 11.5. The van der Waals surface area contributed by atoms with Crippen molar-refractivity contribution >= 4 is 34.0 Å². The molecule has 3 N–H and O–H groups in total. The Morgan fingerprint density at radius 3 is 2.82 bits per heavy atom. The highest BCUT2D eigenvalue weighted by molar-refractivity contribution is 5.95. The van der Waals surface area contributed by atoms with E-state index in [0.29, 0.717) is 34.8 Å². The standard InChI is InChI=1S/C26H28F2N8O2/c27-21-3-1-4-23(25(21)28)36(18-14-33-35(15-18)16-24(29)37)26-20-6-5-19(13-22(20)31-17-32-26)38-12-2-9-34-10-7-30-8-11-34/h1,3-6,13-15,17,30H,2,7-12,16H2,(H2,29,37). The van der Waals surface area contributed by atoms with E-state index in [0.717, 1.165) is 45.2 Å². The number of nitrogens with zero attached hydrogens (tertiary/aromatic N) is 6. The smallest absolute Gasteiger partial charge is 0.239 e. The Kier molecular flexibility index (Phi) is 7.70. The van der Waals surface area contributed by atoms with Crippen molar-refractivity contribution in [2.75, 3.05) is 44.2 Å². The first-order valence-corrected chi connectivity index (χ1v) is 12.3. The van der Waals surface area contributed by atoms with Crippen LogP contribution in [-0.2, 0) is 11.3 Å². The van der Waals surface area contributed by atoms with Crippen LogP contribution in [0.2, 0.25) is 0 Å². The third kappa shape index (κ3) is 5.71. The van der Waals surface area contributed by atoms with E-state index in [2.05, 4.69) is 25.3 Å². The van der Waals surface area contributed by atoms with Crippen LogP contribution in [0.1, 0.15) is 6.42 Å². The first-order valence-electron chi connectivity index (χ1n) is 12.3. The Bertz CT molecular complexity index is 1420. The molecule has 1 saturated heterocycles. The third-order valence-electron chi connectivity index (χ3n) is 6.26. The van der Waals surface area contributed by atoms with E-state index >= 15 is 4.39 Å². The van der Waals surface area contributed by atoms with Gasteiger partial charge in [-0.05, 0) is 30.7 Å². The van der Waals surface area contributed by atoms with Gasteiger partial charge >= 0.3 is 0 Å². The maximum atomic E-state index is 15.0. The zero-order valence-electron chi connectivity index (χ0n) is 20.7. The summed E-state index contributed by atoms with van der Waals surface area (Å²) in [5.41, 5.74) is 6.15. The van der Waals surface area contributed by atoms with Crippen LogP contribution < -0.4 is 20.7 Å². The summed E-state index contributed by atoms with van der Waals surface area (Å²) in [5.74, 6) is -1.68. The maximum Gasteiger partial charge on any atom is 0.239 e. The molecule has 12 heteroatoms. The molecule has 5 rings (SSSR count). The first-order chi connectivity index (χ1) is 18.5. The van der Waals surface area contributed by atoms with Crippen LogP contribution >= 0.6 is 0 Å². The number of carbonyl (C=O) groups is 1. The zero-order valence-corrected chi connectivity index (χ0v) is 20.7. The van der Waals surface area contributed by atoms with Crippen LogP contribution in [0, 0.1) is 11.6 Å². The minimum Gasteiger partial charge on any atom is -0.493 e. The molecule has 3 heterocycles. The fourth-order valence-corrected chi connectivity index (χ4v) is 4.46. The Morgan fingerprint density at radius 2 is 2.00 bits per heavy atom. The van der Waals surface area contributed by atoms with Gasteiger partial charge in [-0.25, -0.2) is 18.7 Å². The number of aromatic nitrogens is 4. The predicted octanol–water partition coefficient (Wildman–Crippen LogP) is 2.73. The average Bonchev–Trinajstić information content (AvgIpc) is 3.37. The van der Waals surface area contributed by atoms with E-state index in [1.54, 1.807) is 18.2 Å². The number of halogens is 2. The fourth-order valence-electron chi connectivity index (χ4n) is 4.46. The summed E-state index contributed by atoms with van der Waals surface area (Å²) in [4.78, 5) is 24.0. The molecule has 0 bridgehead atoms. The lowest BCUT2D eigenvalue weighted by molar-refractivity contribution is -0.118. The van der Waals surface area contributed by atoms with Crippen LogP contribution in [0.3, 0.4) is 0 Å². The highest BCUT2D eigenvalue weighted by atomic mass is 19.2. The number of piperazine rings is 1. The number of fused-ring (bicyclic) bond motifs is 1. The Labute approximate surface area is 218 Å². The molecule has 10 nitrogen and oxygen atoms in total. The molecule has 1 aliphatic heterocycles. The molecule has 1 aliphatic rings. The summed E-state index contributed by atoms with van der Waals surface area (Å²) < 4.78 is 36.5. The van der Waals surface area contributed by atoms with E-state index in [1.165, 1.54) is 40.4 Å². The Hall–Kier alpha value is -4.16. The molecule has 1 amide bonds. The number of anilines is 3. The van der Waals surface area contributed by atoms with E-state index in [1.807, 2.05) is 0 Å². The highest BCUT2D eigenvalue weighted by Crippen LogP contribution is 2.39. The van der Waals surface area contributed by atoms with Gasteiger partial charge in [0.15, 0.2) is 11.6 Å². The lowest BCUT2D eigenvalue weighted by Gasteiger charge is -2.27. The normalized spacial score (nSPS) is 14.1. The SMILES string of the molecule is NC(=O)Cn1cc(N(c2cccc(F)c2F)c2ncnc3cc(OCCCN4CCNCC4)ccc23)cn1. The molecule has 2 aromatic heterocycles. The Balaban J connectivity index is 1.43. The van der Waals surface area contributed by atoms with Crippen molar-refractivity contribution in [3.8, 4) is 5.75 Å². The number of ether oxygens (including phenoxy) is 1. The number of primary amides is 1. The van der Waals surface area contributed by atoms with Gasteiger partial charge in [-0.1, -0.05) is 6.07 Å². The second-order valence-corrected chi connectivity index (χ2v) is 8.94. The van der Waals surface area contributed by atoms with Crippen LogP contribution in [0.5, 0.6) is 5.75 Å². The number of nitrogens with one attached hydrogen (secondary N) is 1. The zero-order chi connectivity index (χ0) is 26.5. The van der Waals surface area contributed by atoms with Crippen LogP contribution in [0.4, 0.5) is 26.0 Å². The summed E-state index contributed by atoms with van der Waals surface area (Å²) in [6, 6.07) is 9.27. The maximum absolute atomic E-state index is 15.0. The molecule has 0 radical (unpaired) electrons. The van der Waals surface area contributed by atoms with Crippen molar-refractivity contribution in [3.05, 3.63) is 66.8 Å². The molecule has 0 spiro atoms. The van der Waals surface area contributed by atoms with Gasteiger partial charge in [-0.15, -0.1) is 0 Å².